The maximum Gasteiger partial charge on any atom is 2.00 e. The molecule has 8 heteroatoms. The monoisotopic (exact) mass is 971 g/mol. The number of fused-ring (bicyclic) bond motifs is 6. The molecule has 57 heavy (non-hydrogen) atoms. The van der Waals surface area contributed by atoms with Crippen LogP contribution in [0.15, 0.2) is 168 Å². The Balaban J connectivity index is 0.00000396. The van der Waals surface area contributed by atoms with Gasteiger partial charge in [0.05, 0.1) is 15.9 Å². The van der Waals surface area contributed by atoms with E-state index in [0.29, 0.717) is 23.3 Å². The molecule has 0 aliphatic rings. The Kier molecular flexibility index (Phi) is 9.03. The van der Waals surface area contributed by atoms with Gasteiger partial charge in [0, 0.05) is 43.1 Å². The number of hydrogen-bond donors (Lipinski definition) is 0. The summed E-state index contributed by atoms with van der Waals surface area (Å²) in [7, 11) is 0. The van der Waals surface area contributed by atoms with E-state index in [1.807, 2.05) is 121 Å². The fraction of sp³-hybridized carbons (Fsp3) is 0. The number of thiophene rings is 1. The van der Waals surface area contributed by atoms with Gasteiger partial charge >= 0.3 is 31.1 Å². The molecule has 0 atom stereocenters. The van der Waals surface area contributed by atoms with Gasteiger partial charge in [-0.3, -0.25) is 0 Å². The first kappa shape index (κ1) is 35.1. The molecule has 0 N–H and O–H groups in total. The number of aromatic nitrogens is 5. The zero-order valence-corrected chi connectivity index (χ0v) is 35.1. The van der Waals surface area contributed by atoms with Gasteiger partial charge in [-0.2, -0.15) is 42.5 Å². The van der Waals surface area contributed by atoms with E-state index in [1.54, 1.807) is 11.3 Å². The van der Waals surface area contributed by atoms with Crippen molar-refractivity contribution < 1.29 is 35.5 Å². The molecule has 7 aromatic carbocycles. The molecule has 11 aromatic rings. The maximum absolute atomic E-state index is 6.64. The molecule has 6 nitrogen and oxygen atoms in total. The second kappa shape index (κ2) is 14.7. The minimum absolute atomic E-state index is 0. The van der Waals surface area contributed by atoms with Crippen molar-refractivity contribution >= 4 is 53.6 Å². The normalized spacial score (nSPS) is 11.4. The molecular formula is C49H27N5OSU. The van der Waals surface area contributed by atoms with Crippen LogP contribution in [0.2, 0.25) is 0 Å². The quantitative estimate of drug-likeness (QED) is 0.155. The number of furan rings is 1. The molecule has 0 saturated heterocycles. The molecule has 0 aliphatic carbocycles. The average Bonchev–Trinajstić information content (AvgIpc) is 3.86. The van der Waals surface area contributed by atoms with Crippen molar-refractivity contribution in [3.63, 3.8) is 0 Å². The van der Waals surface area contributed by atoms with Gasteiger partial charge < -0.3 is 4.42 Å². The first-order chi connectivity index (χ1) is 27.7. The van der Waals surface area contributed by atoms with Gasteiger partial charge in [0.1, 0.15) is 17.0 Å². The molecule has 0 radical (unpaired) electrons. The number of rotatable bonds is 6. The predicted octanol–water partition coefficient (Wildman–Crippen LogP) is 12.5. The summed E-state index contributed by atoms with van der Waals surface area (Å²) in [6.45, 7) is 0. The minimum Gasteiger partial charge on any atom is -0.456 e. The molecule has 0 aliphatic heterocycles. The van der Waals surface area contributed by atoms with Crippen molar-refractivity contribution in [1.29, 1.82) is 0 Å². The van der Waals surface area contributed by atoms with Crippen molar-refractivity contribution in [2.75, 3.05) is 0 Å². The van der Waals surface area contributed by atoms with Gasteiger partial charge in [0.25, 0.3) is 0 Å². The van der Waals surface area contributed by atoms with E-state index in [2.05, 4.69) is 54.6 Å². The van der Waals surface area contributed by atoms with Crippen molar-refractivity contribution in [2.45, 2.75) is 0 Å². The van der Waals surface area contributed by atoms with Crippen molar-refractivity contribution in [1.82, 2.24) is 24.9 Å². The van der Waals surface area contributed by atoms with Crippen LogP contribution in [-0.2, 0) is 0 Å². The van der Waals surface area contributed by atoms with Crippen molar-refractivity contribution in [3.8, 4) is 67.9 Å². The first-order valence-electron chi connectivity index (χ1n) is 18.3. The molecule has 0 fully saturated rings. The van der Waals surface area contributed by atoms with Crippen molar-refractivity contribution in [2.24, 2.45) is 0 Å². The van der Waals surface area contributed by atoms with Crippen LogP contribution in [-0.4, -0.2) is 24.9 Å². The van der Waals surface area contributed by atoms with Gasteiger partial charge in [-0.05, 0) is 18.2 Å². The van der Waals surface area contributed by atoms with Crippen LogP contribution in [0.3, 0.4) is 0 Å². The largest absolute Gasteiger partial charge is 2.00 e. The third kappa shape index (κ3) is 6.23. The molecule has 11 rings (SSSR count). The SMILES string of the molecule is [U+2].[c-]1ccccc1-c1[c-]ccc(-c2nc(-c3cccc4oc5cccc(-c6nc(-c7ccccc7)nc(-c7ccccc7)n6)c5c34)c3sc4ccccc4c3n2)c1. The zero-order valence-electron chi connectivity index (χ0n) is 30.1. The molecule has 0 bridgehead atoms. The summed E-state index contributed by atoms with van der Waals surface area (Å²) in [5.41, 5.74) is 9.61. The Hall–Kier alpha value is -6.30. The summed E-state index contributed by atoms with van der Waals surface area (Å²) >= 11 is 1.70. The van der Waals surface area contributed by atoms with Crippen LogP contribution in [0, 0.1) is 43.2 Å². The summed E-state index contributed by atoms with van der Waals surface area (Å²) in [6.07, 6.45) is 0. The van der Waals surface area contributed by atoms with E-state index in [-0.39, 0.29) is 31.1 Å². The van der Waals surface area contributed by atoms with Crippen LogP contribution in [0.5, 0.6) is 0 Å². The van der Waals surface area contributed by atoms with E-state index in [4.69, 9.17) is 29.3 Å². The molecule has 4 heterocycles. The second-order valence-electron chi connectivity index (χ2n) is 13.4. The summed E-state index contributed by atoms with van der Waals surface area (Å²) in [4.78, 5) is 25.8. The van der Waals surface area contributed by atoms with Crippen LogP contribution in [0.25, 0.3) is 110 Å². The predicted molar refractivity (Wildman–Crippen MR) is 226 cm³/mol. The summed E-state index contributed by atoms with van der Waals surface area (Å²) < 4.78 is 8.79. The summed E-state index contributed by atoms with van der Waals surface area (Å²) in [5, 5.41) is 2.94. The van der Waals surface area contributed by atoms with Crippen LogP contribution >= 0.6 is 11.3 Å². The molecule has 0 spiro atoms. The first-order valence-corrected chi connectivity index (χ1v) is 19.1. The fourth-order valence-corrected chi connectivity index (χ4v) is 8.55. The molecular weight excluding hydrogens is 945 g/mol. The van der Waals surface area contributed by atoms with E-state index >= 15 is 0 Å². The smallest absolute Gasteiger partial charge is 0.456 e. The Bertz CT molecular complexity index is 3200. The molecule has 0 unspecified atom stereocenters. The molecule has 4 aromatic heterocycles. The number of benzene rings is 7. The molecule has 0 saturated carbocycles. The third-order valence-electron chi connectivity index (χ3n) is 10.00. The summed E-state index contributed by atoms with van der Waals surface area (Å²) in [5.74, 6) is 2.38. The number of nitrogens with zero attached hydrogens (tertiary/aromatic N) is 5. The van der Waals surface area contributed by atoms with E-state index < -0.39 is 0 Å². The summed E-state index contributed by atoms with van der Waals surface area (Å²) in [6, 6.07) is 61.4. The van der Waals surface area contributed by atoms with E-state index in [9.17, 15) is 0 Å². The fourth-order valence-electron chi connectivity index (χ4n) is 7.40. The van der Waals surface area contributed by atoms with Crippen LogP contribution in [0.1, 0.15) is 0 Å². The molecule has 0 amide bonds. The standard InChI is InChI=1S/C49H27N5OS.U/c1-4-15-30(16-5-1)33-21-12-22-34(29-33)48-50-43-35-23-10-11-28-40(35)56-45(43)44(51-48)36-24-13-26-38-41(36)42-37(25-14-27-39(42)55-38)49-53-46(31-17-6-2-7-18-31)52-47(54-49)32-19-8-3-9-20-32;/h1-15,17-20,22-29H;/q-2;+2. The Morgan fingerprint density at radius 1 is 0.456 bits per heavy atom. The number of hydrogen-bond acceptors (Lipinski definition) is 7. The molecule has 264 valence electrons. The third-order valence-corrected chi connectivity index (χ3v) is 11.2. The Morgan fingerprint density at radius 2 is 1.07 bits per heavy atom. The average molecular weight is 972 g/mol. The van der Waals surface area contributed by atoms with Gasteiger partial charge in [-0.1, -0.05) is 109 Å². The topological polar surface area (TPSA) is 77.6 Å². The van der Waals surface area contributed by atoms with Crippen LogP contribution in [0.4, 0.5) is 0 Å². The van der Waals surface area contributed by atoms with Gasteiger partial charge in [-0.15, -0.1) is 23.5 Å². The van der Waals surface area contributed by atoms with E-state index in [1.165, 1.54) is 0 Å². The maximum atomic E-state index is 6.64. The van der Waals surface area contributed by atoms with Crippen molar-refractivity contribution in [3.05, 3.63) is 176 Å². The Morgan fingerprint density at radius 3 is 1.79 bits per heavy atom. The minimum atomic E-state index is 0. The zero-order chi connectivity index (χ0) is 37.0. The van der Waals surface area contributed by atoms with E-state index in [0.717, 1.165) is 86.9 Å². The van der Waals surface area contributed by atoms with Gasteiger partial charge in [0.2, 0.25) is 0 Å². The Labute approximate surface area is 355 Å². The van der Waals surface area contributed by atoms with Gasteiger partial charge in [-0.25, -0.2) is 36.0 Å². The van der Waals surface area contributed by atoms with Gasteiger partial charge in [0.15, 0.2) is 17.5 Å². The second-order valence-corrected chi connectivity index (χ2v) is 14.5. The van der Waals surface area contributed by atoms with Crippen LogP contribution < -0.4 is 0 Å².